The van der Waals surface area contributed by atoms with Crippen molar-refractivity contribution in [3.05, 3.63) is 0 Å². The van der Waals surface area contributed by atoms with Crippen LogP contribution in [-0.4, -0.2) is 48.0 Å². The van der Waals surface area contributed by atoms with Crippen molar-refractivity contribution in [3.8, 4) is 0 Å². The summed E-state index contributed by atoms with van der Waals surface area (Å²) < 4.78 is 0. The topological polar surface area (TPSA) is 92.5 Å². The molecule has 0 rings (SSSR count). The number of carbonyl (C=O) groups is 3. The van der Waals surface area contributed by atoms with Gasteiger partial charge in [-0.25, -0.2) is 0 Å². The van der Waals surface area contributed by atoms with Crippen LogP contribution >= 0.6 is 12.6 Å². The van der Waals surface area contributed by atoms with E-state index in [1.165, 1.54) is 43.4 Å². The molecule has 3 amide bonds. The smallest absolute Gasteiger partial charge is 0.242 e. The van der Waals surface area contributed by atoms with Crippen molar-refractivity contribution in [2.45, 2.75) is 64.7 Å². The van der Waals surface area contributed by atoms with Crippen LogP contribution in [0.15, 0.2) is 0 Å². The Bertz CT molecular complexity index is 378. The molecule has 0 aliphatic heterocycles. The third kappa shape index (κ3) is 13.2. The third-order valence-corrected chi connectivity index (χ3v) is 4.10. The molecular weight excluding hydrogens is 326 g/mol. The van der Waals surface area contributed by atoms with Gasteiger partial charge in [-0.2, -0.15) is 12.6 Å². The normalized spacial score (nSPS) is 10.4. The number of primary amides is 1. The summed E-state index contributed by atoms with van der Waals surface area (Å²) in [5.41, 5.74) is 5.19. The molecule has 0 spiro atoms. The van der Waals surface area contributed by atoms with E-state index in [9.17, 15) is 14.4 Å². The molecule has 0 aliphatic carbocycles. The first kappa shape index (κ1) is 22.8. The molecule has 0 saturated heterocycles. The van der Waals surface area contributed by atoms with Crippen molar-refractivity contribution in [2.24, 2.45) is 5.73 Å². The van der Waals surface area contributed by atoms with Crippen LogP contribution in [0, 0.1) is 0 Å². The Morgan fingerprint density at radius 2 is 1.50 bits per heavy atom. The maximum absolute atomic E-state index is 12.0. The summed E-state index contributed by atoms with van der Waals surface area (Å²) in [7, 11) is 0. The second kappa shape index (κ2) is 15.3. The summed E-state index contributed by atoms with van der Waals surface area (Å²) in [6.45, 7) is 2.48. The maximum Gasteiger partial charge on any atom is 0.242 e. The lowest BCUT2D eigenvalue weighted by molar-refractivity contribution is -0.135. The highest BCUT2D eigenvalue weighted by molar-refractivity contribution is 7.81. The Kier molecular flexibility index (Phi) is 14.5. The van der Waals surface area contributed by atoms with Crippen LogP contribution in [0.1, 0.15) is 64.7 Å². The zero-order valence-corrected chi connectivity index (χ0v) is 15.8. The van der Waals surface area contributed by atoms with Gasteiger partial charge >= 0.3 is 0 Å². The Morgan fingerprint density at radius 3 is 2.00 bits per heavy atom. The average Bonchev–Trinajstić information content (AvgIpc) is 2.56. The highest BCUT2D eigenvalue weighted by Crippen LogP contribution is 2.10. The summed E-state index contributed by atoms with van der Waals surface area (Å²) in [5, 5.41) is 2.46. The minimum Gasteiger partial charge on any atom is -0.368 e. The van der Waals surface area contributed by atoms with Crippen molar-refractivity contribution < 1.29 is 14.4 Å². The summed E-state index contributed by atoms with van der Waals surface area (Å²) in [4.78, 5) is 35.7. The molecule has 0 fully saturated rings. The minimum atomic E-state index is -0.542. The number of amides is 3. The summed E-state index contributed by atoms with van der Waals surface area (Å²) in [5.74, 6) is -1.11. The molecule has 7 heteroatoms. The highest BCUT2D eigenvalue weighted by atomic mass is 32.1. The molecular formula is C17H33N3O3S. The van der Waals surface area contributed by atoms with E-state index in [1.807, 2.05) is 0 Å². The van der Waals surface area contributed by atoms with E-state index >= 15 is 0 Å². The summed E-state index contributed by atoms with van der Waals surface area (Å²) >= 11 is 3.83. The minimum absolute atomic E-state index is 0.0291. The number of hydrogen-bond acceptors (Lipinski definition) is 4. The number of nitrogens with two attached hydrogens (primary N) is 1. The molecule has 6 nitrogen and oxygen atoms in total. The SMILES string of the molecule is CCCCCCCCCCCN(CC(N)=O)C(=O)CNC(=O)CS. The van der Waals surface area contributed by atoms with Crippen LogP contribution in [0.3, 0.4) is 0 Å². The monoisotopic (exact) mass is 359 g/mol. The molecule has 0 heterocycles. The predicted molar refractivity (Wildman–Crippen MR) is 99.9 cm³/mol. The fourth-order valence-corrected chi connectivity index (χ4v) is 2.55. The van der Waals surface area contributed by atoms with E-state index in [-0.39, 0.29) is 30.7 Å². The zero-order valence-electron chi connectivity index (χ0n) is 14.9. The zero-order chi connectivity index (χ0) is 18.2. The third-order valence-electron chi connectivity index (χ3n) is 3.81. The second-order valence-electron chi connectivity index (χ2n) is 6.04. The van der Waals surface area contributed by atoms with E-state index in [1.54, 1.807) is 0 Å². The lowest BCUT2D eigenvalue weighted by Crippen LogP contribution is -2.44. The van der Waals surface area contributed by atoms with Crippen molar-refractivity contribution in [3.63, 3.8) is 0 Å². The number of rotatable bonds is 15. The quantitative estimate of drug-likeness (QED) is 0.308. The molecule has 3 N–H and O–H groups in total. The Balaban J connectivity index is 3.92. The van der Waals surface area contributed by atoms with E-state index in [2.05, 4.69) is 24.9 Å². The average molecular weight is 360 g/mol. The first-order chi connectivity index (χ1) is 11.5. The molecule has 0 saturated carbocycles. The van der Waals surface area contributed by atoms with Gasteiger partial charge in [-0.05, 0) is 6.42 Å². The van der Waals surface area contributed by atoms with E-state index < -0.39 is 5.91 Å². The first-order valence-electron chi connectivity index (χ1n) is 8.94. The van der Waals surface area contributed by atoms with E-state index in [4.69, 9.17) is 5.73 Å². The van der Waals surface area contributed by atoms with Crippen LogP contribution < -0.4 is 11.1 Å². The molecule has 0 aromatic heterocycles. The van der Waals surface area contributed by atoms with Crippen LogP contribution in [0.2, 0.25) is 0 Å². The number of nitrogens with one attached hydrogen (secondary N) is 1. The van der Waals surface area contributed by atoms with Crippen molar-refractivity contribution >= 4 is 30.4 Å². The van der Waals surface area contributed by atoms with Gasteiger partial charge in [0.2, 0.25) is 17.7 Å². The Hall–Kier alpha value is -1.24. The van der Waals surface area contributed by atoms with Crippen LogP contribution in [-0.2, 0) is 14.4 Å². The predicted octanol–water partition coefficient (Wildman–Crippen LogP) is 1.88. The first-order valence-corrected chi connectivity index (χ1v) is 9.58. The molecule has 0 radical (unpaired) electrons. The number of nitrogens with zero attached hydrogens (tertiary/aromatic N) is 1. The fraction of sp³-hybridized carbons (Fsp3) is 0.824. The van der Waals surface area contributed by atoms with Gasteiger partial charge in [0.1, 0.15) is 0 Å². The molecule has 0 bridgehead atoms. The van der Waals surface area contributed by atoms with Crippen LogP contribution in [0.4, 0.5) is 0 Å². The molecule has 140 valence electrons. The fourth-order valence-electron chi connectivity index (χ4n) is 2.44. The van der Waals surface area contributed by atoms with Gasteiger partial charge in [-0.15, -0.1) is 0 Å². The van der Waals surface area contributed by atoms with E-state index in [0.717, 1.165) is 19.3 Å². The molecule has 0 unspecified atom stereocenters. The van der Waals surface area contributed by atoms with Crippen LogP contribution in [0.5, 0.6) is 0 Å². The molecule has 24 heavy (non-hydrogen) atoms. The van der Waals surface area contributed by atoms with Gasteiger partial charge in [-0.3, -0.25) is 14.4 Å². The second-order valence-corrected chi connectivity index (χ2v) is 6.36. The van der Waals surface area contributed by atoms with Gasteiger partial charge in [-0.1, -0.05) is 58.3 Å². The number of thiol groups is 1. The Morgan fingerprint density at radius 1 is 0.958 bits per heavy atom. The van der Waals surface area contributed by atoms with Crippen molar-refractivity contribution in [1.82, 2.24) is 10.2 Å². The van der Waals surface area contributed by atoms with Gasteiger partial charge in [0.05, 0.1) is 18.8 Å². The van der Waals surface area contributed by atoms with Crippen LogP contribution in [0.25, 0.3) is 0 Å². The molecule has 0 aromatic rings. The highest BCUT2D eigenvalue weighted by Gasteiger charge is 2.15. The standard InChI is InChI=1S/C17H33N3O3S/c1-2-3-4-5-6-7-8-9-10-11-20(13-15(18)21)17(23)12-19-16(22)14-24/h24H,2-14H2,1H3,(H2,18,21)(H,19,22). The van der Waals surface area contributed by atoms with Crippen molar-refractivity contribution in [2.75, 3.05) is 25.4 Å². The van der Waals surface area contributed by atoms with Gasteiger partial charge in [0.15, 0.2) is 0 Å². The summed E-state index contributed by atoms with van der Waals surface area (Å²) in [6, 6.07) is 0. The molecule has 0 aromatic carbocycles. The van der Waals surface area contributed by atoms with Gasteiger partial charge < -0.3 is 16.0 Å². The number of hydrogen-bond donors (Lipinski definition) is 3. The van der Waals surface area contributed by atoms with Gasteiger partial charge in [0.25, 0.3) is 0 Å². The lowest BCUT2D eigenvalue weighted by Gasteiger charge is -2.21. The largest absolute Gasteiger partial charge is 0.368 e. The lowest BCUT2D eigenvalue weighted by atomic mass is 10.1. The molecule has 0 atom stereocenters. The number of carbonyl (C=O) groups excluding carboxylic acids is 3. The van der Waals surface area contributed by atoms with E-state index in [0.29, 0.717) is 6.54 Å². The molecule has 0 aliphatic rings. The van der Waals surface area contributed by atoms with Crippen molar-refractivity contribution in [1.29, 1.82) is 0 Å². The van der Waals surface area contributed by atoms with Gasteiger partial charge in [0, 0.05) is 6.54 Å². The summed E-state index contributed by atoms with van der Waals surface area (Å²) in [6.07, 6.45) is 10.7. The maximum atomic E-state index is 12.0. The Labute approximate surface area is 151 Å². The number of unbranched alkanes of at least 4 members (excludes halogenated alkanes) is 8.